The number of carboxylic acid groups (broad SMARTS) is 1. The number of nitrogens with one attached hydrogen (secondary N) is 2. The number of hydrogen-bond donors (Lipinski definition) is 3. The van der Waals surface area contributed by atoms with Gasteiger partial charge in [0.25, 0.3) is 0 Å². The Balaban J connectivity index is 1.51. The van der Waals surface area contributed by atoms with Gasteiger partial charge in [-0.1, -0.05) is 42.5 Å². The molecule has 0 aliphatic heterocycles. The molecule has 1 aliphatic rings. The summed E-state index contributed by atoms with van der Waals surface area (Å²) in [5, 5.41) is 24.7. The number of carbonyl (C=O) groups excluding carboxylic acids is 3. The van der Waals surface area contributed by atoms with Gasteiger partial charge in [-0.2, -0.15) is 10.2 Å². The average Bonchev–Trinajstić information content (AvgIpc) is 3.20. The number of carboxylic acids is 1. The number of halogens is 1. The van der Waals surface area contributed by atoms with Crippen molar-refractivity contribution >= 4 is 35.8 Å². The van der Waals surface area contributed by atoms with E-state index in [1.807, 2.05) is 6.07 Å². The van der Waals surface area contributed by atoms with Crippen LogP contribution in [0.4, 0.5) is 30.3 Å². The van der Waals surface area contributed by atoms with Crippen molar-refractivity contribution in [3.8, 4) is 6.07 Å². The highest BCUT2D eigenvalue weighted by atomic mass is 19.1. The topological polar surface area (TPSA) is 180 Å². The first-order valence-electron chi connectivity index (χ1n) is 16.5. The van der Waals surface area contributed by atoms with E-state index in [1.165, 1.54) is 18.3 Å². The molecule has 2 aromatic carbocycles. The number of aromatic nitrogens is 1. The van der Waals surface area contributed by atoms with Crippen LogP contribution in [0.2, 0.25) is 0 Å². The number of nitrogens with zero attached hydrogens (tertiary/aromatic N) is 3. The number of nitriles is 1. The molecule has 3 unspecified atom stereocenters. The molecule has 52 heavy (non-hydrogen) atoms. The summed E-state index contributed by atoms with van der Waals surface area (Å²) in [6.07, 6.45) is 0.167. The van der Waals surface area contributed by atoms with Crippen molar-refractivity contribution in [2.75, 3.05) is 16.8 Å². The van der Waals surface area contributed by atoms with Crippen LogP contribution in [0, 0.1) is 11.3 Å². The van der Waals surface area contributed by atoms with Gasteiger partial charge < -0.3 is 19.3 Å². The molecule has 4 rings (SSSR count). The summed E-state index contributed by atoms with van der Waals surface area (Å²) >= 11 is 0. The fraction of sp³-hybridized carbons (Fsp3) is 0.368. The number of ether oxygens (including phenoxy) is 3. The number of carbonyl (C=O) groups is 4. The molecule has 1 heterocycles. The second kappa shape index (κ2) is 16.5. The first kappa shape index (κ1) is 39.0. The van der Waals surface area contributed by atoms with E-state index in [9.17, 15) is 24.3 Å². The zero-order chi connectivity index (χ0) is 38.2. The molecule has 0 saturated heterocycles. The van der Waals surface area contributed by atoms with E-state index in [2.05, 4.69) is 15.6 Å². The van der Waals surface area contributed by atoms with Crippen LogP contribution in [0.25, 0.3) is 0 Å². The number of alkyl halides is 1. The zero-order valence-corrected chi connectivity index (χ0v) is 29.8. The molecular weight excluding hydrogens is 673 g/mol. The summed E-state index contributed by atoms with van der Waals surface area (Å²) in [5.74, 6) is -1.60. The van der Waals surface area contributed by atoms with Crippen molar-refractivity contribution in [2.45, 2.75) is 83.8 Å². The highest BCUT2D eigenvalue weighted by Gasteiger charge is 2.39. The second-order valence-corrected chi connectivity index (χ2v) is 13.9. The van der Waals surface area contributed by atoms with Crippen molar-refractivity contribution < 1.29 is 42.9 Å². The lowest BCUT2D eigenvalue weighted by Crippen LogP contribution is -2.45. The Kier molecular flexibility index (Phi) is 12.3. The summed E-state index contributed by atoms with van der Waals surface area (Å²) in [7, 11) is 0. The van der Waals surface area contributed by atoms with Gasteiger partial charge in [0.1, 0.15) is 23.4 Å². The number of amides is 3. The number of hydrogen-bond acceptors (Lipinski definition) is 10. The zero-order valence-electron chi connectivity index (χ0n) is 29.8. The van der Waals surface area contributed by atoms with E-state index in [0.717, 1.165) is 5.56 Å². The van der Waals surface area contributed by atoms with Crippen LogP contribution in [0.5, 0.6) is 0 Å². The van der Waals surface area contributed by atoms with Crippen molar-refractivity contribution in [2.24, 2.45) is 0 Å². The molecule has 14 heteroatoms. The van der Waals surface area contributed by atoms with Crippen molar-refractivity contribution in [3.05, 3.63) is 101 Å². The molecule has 0 bridgehead atoms. The molecule has 3 aromatic rings. The number of rotatable bonds is 9. The monoisotopic (exact) mass is 715 g/mol. The van der Waals surface area contributed by atoms with E-state index < -0.39 is 53.7 Å². The number of aliphatic carboxylic acids is 1. The number of imide groups is 1. The highest BCUT2D eigenvalue weighted by molar-refractivity contribution is 6.09. The maximum absolute atomic E-state index is 16.8. The van der Waals surface area contributed by atoms with Crippen molar-refractivity contribution in [1.29, 1.82) is 5.26 Å². The molecule has 3 N–H and O–H groups in total. The Morgan fingerprint density at radius 2 is 1.67 bits per heavy atom. The van der Waals surface area contributed by atoms with Crippen LogP contribution in [-0.2, 0) is 31.8 Å². The Morgan fingerprint density at radius 1 is 1.02 bits per heavy atom. The molecule has 1 aromatic heterocycles. The summed E-state index contributed by atoms with van der Waals surface area (Å²) in [5.41, 5.74) is 0.190. The number of fused-ring (bicyclic) bond motifs is 1. The molecular formula is C38H42FN5O8. The number of allylic oxidation sites excluding steroid dienone is 1. The van der Waals surface area contributed by atoms with E-state index >= 15 is 4.39 Å². The Morgan fingerprint density at radius 3 is 2.27 bits per heavy atom. The number of pyridine rings is 1. The molecule has 13 nitrogen and oxygen atoms in total. The molecule has 3 atom stereocenters. The van der Waals surface area contributed by atoms with Gasteiger partial charge in [-0.05, 0) is 88.9 Å². The largest absolute Gasteiger partial charge is 0.480 e. The van der Waals surface area contributed by atoms with Crippen LogP contribution in [0.3, 0.4) is 0 Å². The lowest BCUT2D eigenvalue weighted by atomic mass is 9.98. The fourth-order valence-corrected chi connectivity index (χ4v) is 5.24. The third-order valence-electron chi connectivity index (χ3n) is 7.48. The minimum Gasteiger partial charge on any atom is -0.480 e. The third kappa shape index (κ3) is 10.6. The lowest BCUT2D eigenvalue weighted by Gasteiger charge is -2.30. The molecule has 3 amide bonds. The quantitative estimate of drug-likeness (QED) is 0.149. The van der Waals surface area contributed by atoms with Gasteiger partial charge in [0, 0.05) is 23.9 Å². The van der Waals surface area contributed by atoms with Crippen LogP contribution in [0.15, 0.2) is 72.9 Å². The molecule has 0 spiro atoms. The Labute approximate surface area is 301 Å². The smallest absolute Gasteiger partial charge is 0.425 e. The molecule has 0 radical (unpaired) electrons. The van der Waals surface area contributed by atoms with Crippen molar-refractivity contribution in [1.82, 2.24) is 10.3 Å². The average molecular weight is 716 g/mol. The van der Waals surface area contributed by atoms with E-state index in [1.54, 1.807) is 96.1 Å². The number of anilines is 2. The highest BCUT2D eigenvalue weighted by Crippen LogP contribution is 2.37. The van der Waals surface area contributed by atoms with Gasteiger partial charge in [-0.25, -0.2) is 23.8 Å². The van der Waals surface area contributed by atoms with Gasteiger partial charge in [0.2, 0.25) is 0 Å². The first-order chi connectivity index (χ1) is 24.5. The summed E-state index contributed by atoms with van der Waals surface area (Å²) < 4.78 is 33.0. The minimum absolute atomic E-state index is 0.0273. The normalized spacial score (nSPS) is 16.0. The van der Waals surface area contributed by atoms with Crippen LogP contribution >= 0.6 is 0 Å². The lowest BCUT2D eigenvalue weighted by molar-refractivity contribution is -0.140. The van der Waals surface area contributed by atoms with E-state index in [-0.39, 0.29) is 24.4 Å². The maximum atomic E-state index is 16.8. The fourth-order valence-electron chi connectivity index (χ4n) is 5.24. The van der Waals surface area contributed by atoms with Gasteiger partial charge in [0.15, 0.2) is 5.82 Å². The van der Waals surface area contributed by atoms with E-state index in [4.69, 9.17) is 19.5 Å². The minimum atomic E-state index is -1.96. The molecule has 0 saturated carbocycles. The van der Waals surface area contributed by atoms with Gasteiger partial charge >= 0.3 is 24.2 Å². The van der Waals surface area contributed by atoms with Crippen LogP contribution in [0.1, 0.15) is 81.6 Å². The van der Waals surface area contributed by atoms with Crippen molar-refractivity contribution in [3.63, 3.8) is 0 Å². The predicted octanol–water partition coefficient (Wildman–Crippen LogP) is 7.33. The first-order valence-corrected chi connectivity index (χ1v) is 16.5. The summed E-state index contributed by atoms with van der Waals surface area (Å²) in [6, 6.07) is 13.9. The van der Waals surface area contributed by atoms with Gasteiger partial charge in [-0.15, -0.1) is 0 Å². The van der Waals surface area contributed by atoms with E-state index in [0.29, 0.717) is 33.7 Å². The van der Waals surface area contributed by atoms with Crippen LogP contribution in [-0.4, -0.2) is 58.2 Å². The van der Waals surface area contributed by atoms with Crippen LogP contribution < -0.4 is 15.5 Å². The molecule has 1 aliphatic carbocycles. The summed E-state index contributed by atoms with van der Waals surface area (Å²) in [6.45, 7) is 9.72. The van der Waals surface area contributed by atoms with Gasteiger partial charge in [-0.3, -0.25) is 15.4 Å². The summed E-state index contributed by atoms with van der Waals surface area (Å²) in [4.78, 5) is 56.3. The Bertz CT molecular complexity index is 1830. The predicted molar refractivity (Wildman–Crippen MR) is 189 cm³/mol. The standard InChI is InChI=1S/C38H42FN5O8/c1-37(2,3)51-35(48)44(36(49)52-38(4,5)6)32-29-25(17-19-41-32)10-8-12-28(30(29)39)43-31(33(45)46)26-15-13-23(14-16-26)18-20-50-34(47)42-27-11-7-9-24(21-27)22-40/h7-9,11-17,19,21,28,30-31,43H,10,18,20H2,1-6H3,(H,42,47)(H,45,46). The maximum Gasteiger partial charge on any atom is 0.425 e. The molecule has 0 fully saturated rings. The SMILES string of the molecule is CC(C)(C)OC(=O)N(C(=O)OC(C)(C)C)c1nccc2c1C(F)C(NC(C(=O)O)c1ccc(CCOC(=O)Nc3cccc(C#N)c3)cc1)C=CC2. The second-order valence-electron chi connectivity index (χ2n) is 13.9. The third-order valence-corrected chi connectivity index (χ3v) is 7.48. The number of benzene rings is 2. The Hall–Kier alpha value is -5.81. The molecule has 274 valence electrons. The van der Waals surface area contributed by atoms with Gasteiger partial charge in [0.05, 0.1) is 24.3 Å².